The molecule has 2 rings (SSSR count). The fraction of sp³-hybridized carbons (Fsp3) is 0. The minimum Gasteiger partial charge on any atom is -0.436 e. The number of pyridine rings is 1. The van der Waals surface area contributed by atoms with Crippen LogP contribution in [-0.4, -0.2) is 16.0 Å². The number of rotatable bonds is 3. The van der Waals surface area contributed by atoms with Gasteiger partial charge in [-0.05, 0) is 18.2 Å². The second-order valence-electron chi connectivity index (χ2n) is 3.55. The molecule has 0 aliphatic heterocycles. The van der Waals surface area contributed by atoms with Crippen molar-refractivity contribution in [3.8, 4) is 11.6 Å². The van der Waals surface area contributed by atoms with E-state index in [1.165, 1.54) is 18.3 Å². The van der Waals surface area contributed by atoms with E-state index in [-0.39, 0.29) is 17.5 Å². The third-order valence-electron chi connectivity index (χ3n) is 2.25. The van der Waals surface area contributed by atoms with Crippen LogP contribution in [-0.2, 0) is 0 Å². The molecule has 0 atom stereocenters. The van der Waals surface area contributed by atoms with Crippen molar-refractivity contribution < 1.29 is 18.7 Å². The summed E-state index contributed by atoms with van der Waals surface area (Å²) in [4.78, 5) is 3.83. The number of aromatic nitrogens is 1. The molecule has 3 N–H and O–H groups in total. The lowest BCUT2D eigenvalue weighted by molar-refractivity contribution is 0.318. The van der Waals surface area contributed by atoms with Crippen molar-refractivity contribution >= 4 is 5.84 Å². The van der Waals surface area contributed by atoms with Crippen LogP contribution in [0.15, 0.2) is 41.7 Å². The van der Waals surface area contributed by atoms with Crippen LogP contribution in [0.3, 0.4) is 0 Å². The zero-order valence-corrected chi connectivity index (χ0v) is 9.55. The maximum Gasteiger partial charge on any atom is 0.219 e. The van der Waals surface area contributed by atoms with Gasteiger partial charge in [-0.2, -0.15) is 0 Å². The second kappa shape index (κ2) is 5.30. The summed E-state index contributed by atoms with van der Waals surface area (Å²) >= 11 is 0. The molecule has 0 radical (unpaired) electrons. The van der Waals surface area contributed by atoms with E-state index < -0.39 is 11.6 Å². The van der Waals surface area contributed by atoms with E-state index >= 15 is 0 Å². The number of oxime groups is 1. The number of halogens is 2. The molecule has 0 amide bonds. The van der Waals surface area contributed by atoms with Crippen LogP contribution in [0, 0.1) is 11.6 Å². The monoisotopic (exact) mass is 265 g/mol. The molecule has 2 aromatic rings. The Bertz CT molecular complexity index is 615. The Balaban J connectivity index is 2.22. The van der Waals surface area contributed by atoms with E-state index in [1.54, 1.807) is 0 Å². The minimum atomic E-state index is -0.705. The van der Waals surface area contributed by atoms with Crippen LogP contribution < -0.4 is 10.5 Å². The summed E-state index contributed by atoms with van der Waals surface area (Å²) in [6, 6.07) is 5.70. The van der Waals surface area contributed by atoms with Gasteiger partial charge < -0.3 is 15.7 Å². The Hall–Kier alpha value is -2.70. The van der Waals surface area contributed by atoms with Crippen molar-refractivity contribution in [2.75, 3.05) is 0 Å². The highest BCUT2D eigenvalue weighted by molar-refractivity contribution is 5.96. The highest BCUT2D eigenvalue weighted by Crippen LogP contribution is 2.23. The average molecular weight is 265 g/mol. The van der Waals surface area contributed by atoms with Crippen molar-refractivity contribution in [1.82, 2.24) is 4.98 Å². The van der Waals surface area contributed by atoms with Crippen LogP contribution in [0.1, 0.15) is 5.56 Å². The normalized spacial score (nSPS) is 11.4. The van der Waals surface area contributed by atoms with Crippen molar-refractivity contribution in [3.05, 3.63) is 53.7 Å². The van der Waals surface area contributed by atoms with Gasteiger partial charge in [-0.15, -0.1) is 0 Å². The average Bonchev–Trinajstić information content (AvgIpc) is 2.43. The fourth-order valence-electron chi connectivity index (χ4n) is 1.32. The summed E-state index contributed by atoms with van der Waals surface area (Å²) < 4.78 is 31.4. The van der Waals surface area contributed by atoms with Gasteiger partial charge in [0.05, 0.1) is 0 Å². The standard InChI is InChI=1S/C12H9F2N3O2/c13-8-2-3-9(14)10(5-8)19-11-4-1-7(6-16-11)12(15)17-18/h1-6,18H,(H2,15,17). The van der Waals surface area contributed by atoms with Crippen molar-refractivity contribution in [1.29, 1.82) is 0 Å². The third kappa shape index (κ3) is 2.95. The van der Waals surface area contributed by atoms with E-state index in [0.717, 1.165) is 18.2 Å². The molecule has 0 spiro atoms. The number of hydrogen-bond acceptors (Lipinski definition) is 4. The van der Waals surface area contributed by atoms with Gasteiger partial charge in [0.15, 0.2) is 17.4 Å². The van der Waals surface area contributed by atoms with Crippen molar-refractivity contribution in [2.45, 2.75) is 0 Å². The quantitative estimate of drug-likeness (QED) is 0.386. The minimum absolute atomic E-state index is 0.0546. The summed E-state index contributed by atoms with van der Waals surface area (Å²) in [5.41, 5.74) is 5.72. The molecule has 1 heterocycles. The maximum atomic E-state index is 13.3. The Morgan fingerprint density at radius 2 is 2.05 bits per heavy atom. The first kappa shape index (κ1) is 12.7. The van der Waals surface area contributed by atoms with Crippen LogP contribution >= 0.6 is 0 Å². The summed E-state index contributed by atoms with van der Waals surface area (Å²) in [6.07, 6.45) is 1.28. The molecule has 19 heavy (non-hydrogen) atoms. The Morgan fingerprint density at radius 3 is 2.68 bits per heavy atom. The Kier molecular flexibility index (Phi) is 3.56. The van der Waals surface area contributed by atoms with Gasteiger partial charge in [-0.25, -0.2) is 13.8 Å². The SMILES string of the molecule is NC(=NO)c1ccc(Oc2cc(F)ccc2F)nc1. The molecule has 1 aromatic heterocycles. The van der Waals surface area contributed by atoms with Gasteiger partial charge in [-0.3, -0.25) is 0 Å². The largest absolute Gasteiger partial charge is 0.436 e. The molecule has 0 saturated heterocycles. The number of amidine groups is 1. The molecule has 98 valence electrons. The van der Waals surface area contributed by atoms with Gasteiger partial charge in [-0.1, -0.05) is 5.16 Å². The first-order valence-electron chi connectivity index (χ1n) is 5.17. The van der Waals surface area contributed by atoms with E-state index in [9.17, 15) is 8.78 Å². The first-order valence-corrected chi connectivity index (χ1v) is 5.17. The molecular weight excluding hydrogens is 256 g/mol. The lowest BCUT2D eigenvalue weighted by Gasteiger charge is -2.06. The molecule has 0 aliphatic rings. The van der Waals surface area contributed by atoms with Crippen LogP contribution in [0.5, 0.6) is 11.6 Å². The molecular formula is C12H9F2N3O2. The molecule has 0 bridgehead atoms. The lowest BCUT2D eigenvalue weighted by Crippen LogP contribution is -2.13. The molecule has 0 saturated carbocycles. The number of benzene rings is 1. The second-order valence-corrected chi connectivity index (χ2v) is 3.55. The summed E-state index contributed by atoms with van der Waals surface area (Å²) in [7, 11) is 0. The van der Waals surface area contributed by atoms with Gasteiger partial charge in [0, 0.05) is 23.9 Å². The zero-order valence-electron chi connectivity index (χ0n) is 9.55. The van der Waals surface area contributed by atoms with E-state index in [1.807, 2.05) is 0 Å². The van der Waals surface area contributed by atoms with Gasteiger partial charge in [0.2, 0.25) is 5.88 Å². The molecule has 7 heteroatoms. The number of nitrogens with two attached hydrogens (primary N) is 1. The molecule has 0 unspecified atom stereocenters. The van der Waals surface area contributed by atoms with E-state index in [2.05, 4.69) is 10.1 Å². The zero-order chi connectivity index (χ0) is 13.8. The predicted octanol–water partition coefficient (Wildman–Crippen LogP) is 2.25. The Labute approximate surface area is 107 Å². The number of nitrogens with zero attached hydrogens (tertiary/aromatic N) is 2. The van der Waals surface area contributed by atoms with Gasteiger partial charge >= 0.3 is 0 Å². The summed E-state index contributed by atoms with van der Waals surface area (Å²) in [5, 5.41) is 11.3. The number of ether oxygens (including phenoxy) is 1. The van der Waals surface area contributed by atoms with Crippen molar-refractivity contribution in [2.24, 2.45) is 10.9 Å². The first-order chi connectivity index (χ1) is 9.10. The number of hydrogen-bond donors (Lipinski definition) is 2. The van der Waals surface area contributed by atoms with Gasteiger partial charge in [0.25, 0.3) is 0 Å². The van der Waals surface area contributed by atoms with Crippen LogP contribution in [0.4, 0.5) is 8.78 Å². The Morgan fingerprint density at radius 1 is 1.26 bits per heavy atom. The third-order valence-corrected chi connectivity index (χ3v) is 2.25. The van der Waals surface area contributed by atoms with E-state index in [0.29, 0.717) is 5.56 Å². The fourth-order valence-corrected chi connectivity index (χ4v) is 1.32. The molecule has 0 aliphatic carbocycles. The lowest BCUT2D eigenvalue weighted by atomic mass is 10.2. The molecule has 1 aromatic carbocycles. The van der Waals surface area contributed by atoms with E-state index in [4.69, 9.17) is 15.7 Å². The van der Waals surface area contributed by atoms with Gasteiger partial charge in [0.1, 0.15) is 5.82 Å². The predicted molar refractivity (Wildman–Crippen MR) is 63.2 cm³/mol. The van der Waals surface area contributed by atoms with Crippen LogP contribution in [0.2, 0.25) is 0 Å². The van der Waals surface area contributed by atoms with Crippen molar-refractivity contribution in [3.63, 3.8) is 0 Å². The summed E-state index contributed by atoms with van der Waals surface area (Å²) in [6.45, 7) is 0. The summed E-state index contributed by atoms with van der Waals surface area (Å²) in [5.74, 6) is -1.66. The highest BCUT2D eigenvalue weighted by atomic mass is 19.1. The highest BCUT2D eigenvalue weighted by Gasteiger charge is 2.08. The smallest absolute Gasteiger partial charge is 0.219 e. The molecule has 5 nitrogen and oxygen atoms in total. The molecule has 0 fully saturated rings. The van der Waals surface area contributed by atoms with Crippen LogP contribution in [0.25, 0.3) is 0 Å². The maximum absolute atomic E-state index is 13.3. The topological polar surface area (TPSA) is 80.7 Å².